The highest BCUT2D eigenvalue weighted by atomic mass is 35.5. The predicted octanol–water partition coefficient (Wildman–Crippen LogP) is 2.67. The number of nitrogens with two attached hydrogens (primary N) is 1. The first-order valence-electron chi connectivity index (χ1n) is 5.82. The lowest BCUT2D eigenvalue weighted by Gasteiger charge is -2.05. The van der Waals surface area contributed by atoms with Crippen LogP contribution >= 0.6 is 22.9 Å². The molecule has 1 aromatic carbocycles. The zero-order valence-corrected chi connectivity index (χ0v) is 12.3. The Labute approximate surface area is 126 Å². The van der Waals surface area contributed by atoms with Gasteiger partial charge in [-0.3, -0.25) is 4.79 Å². The average Bonchev–Trinajstić information content (AvgIpc) is 2.86. The topological polar surface area (TPSA) is 68.0 Å². The molecule has 2 rings (SSSR count). The van der Waals surface area contributed by atoms with Crippen LogP contribution in [-0.2, 0) is 0 Å². The molecule has 0 fully saturated rings. The second-order valence-corrected chi connectivity index (χ2v) is 5.54. The molecule has 0 atom stereocenters. The summed E-state index contributed by atoms with van der Waals surface area (Å²) < 4.78 is 0. The molecule has 0 radical (unpaired) electrons. The van der Waals surface area contributed by atoms with Crippen LogP contribution in [0.4, 0.5) is 5.69 Å². The van der Waals surface area contributed by atoms with Crippen molar-refractivity contribution < 1.29 is 4.79 Å². The third kappa shape index (κ3) is 3.58. The summed E-state index contributed by atoms with van der Waals surface area (Å²) >= 11 is 7.37. The summed E-state index contributed by atoms with van der Waals surface area (Å²) in [7, 11) is 0. The van der Waals surface area contributed by atoms with Crippen molar-refractivity contribution >= 4 is 34.5 Å². The Balaban J connectivity index is 2.19. The number of aryl methyl sites for hydroxylation is 1. The molecule has 0 saturated heterocycles. The minimum absolute atomic E-state index is 0.198. The molecule has 1 amide bonds. The Morgan fingerprint density at radius 1 is 1.55 bits per heavy atom. The van der Waals surface area contributed by atoms with E-state index in [4.69, 9.17) is 17.3 Å². The van der Waals surface area contributed by atoms with Crippen LogP contribution in [0.3, 0.4) is 0 Å². The number of carbonyl (C=O) groups excluding carboxylic acids is 1. The summed E-state index contributed by atoms with van der Waals surface area (Å²) in [6.07, 6.45) is 1.56. The molecule has 6 heteroatoms. The highest BCUT2D eigenvalue weighted by Gasteiger charge is 2.10. The van der Waals surface area contributed by atoms with Gasteiger partial charge < -0.3 is 11.1 Å². The van der Waals surface area contributed by atoms with Gasteiger partial charge in [-0.2, -0.15) is 0 Å². The molecule has 0 saturated carbocycles. The second kappa shape index (κ2) is 6.53. The Kier molecular flexibility index (Phi) is 4.74. The lowest BCUT2D eigenvalue weighted by Crippen LogP contribution is -2.10. The summed E-state index contributed by atoms with van der Waals surface area (Å²) in [6, 6.07) is 5.13. The number of thiazole rings is 1. The Morgan fingerprint density at radius 3 is 3.00 bits per heavy atom. The molecule has 0 aliphatic rings. The molecule has 3 N–H and O–H groups in total. The van der Waals surface area contributed by atoms with Gasteiger partial charge in [-0.25, -0.2) is 4.98 Å². The van der Waals surface area contributed by atoms with Crippen molar-refractivity contribution in [2.24, 2.45) is 5.73 Å². The summed E-state index contributed by atoms with van der Waals surface area (Å²) in [5, 5.41) is 4.16. The van der Waals surface area contributed by atoms with Crippen molar-refractivity contribution in [3.63, 3.8) is 0 Å². The number of amides is 1. The van der Waals surface area contributed by atoms with Gasteiger partial charge in [-0.1, -0.05) is 23.4 Å². The number of benzene rings is 1. The van der Waals surface area contributed by atoms with Crippen LogP contribution in [0.15, 0.2) is 24.4 Å². The lowest BCUT2D eigenvalue weighted by atomic mass is 10.2. The molecule has 1 heterocycles. The van der Waals surface area contributed by atoms with Crippen LogP contribution in [-0.4, -0.2) is 17.4 Å². The lowest BCUT2D eigenvalue weighted by molar-refractivity contribution is 0.103. The number of carbonyl (C=O) groups is 1. The third-order valence-electron chi connectivity index (χ3n) is 2.39. The Hall–Kier alpha value is -1.87. The van der Waals surface area contributed by atoms with Gasteiger partial charge in [0, 0.05) is 11.3 Å². The number of rotatable bonds is 2. The first-order chi connectivity index (χ1) is 9.60. The monoisotopic (exact) mass is 305 g/mol. The molecule has 0 spiro atoms. The fourth-order valence-corrected chi connectivity index (χ4v) is 2.34. The van der Waals surface area contributed by atoms with Crippen LogP contribution in [0, 0.1) is 18.8 Å². The Bertz CT molecular complexity index is 700. The molecule has 102 valence electrons. The highest BCUT2D eigenvalue weighted by Crippen LogP contribution is 2.21. The number of aromatic nitrogens is 1. The summed E-state index contributed by atoms with van der Waals surface area (Å²) in [5.41, 5.74) is 6.60. The van der Waals surface area contributed by atoms with E-state index in [0.717, 1.165) is 5.01 Å². The van der Waals surface area contributed by atoms with E-state index >= 15 is 0 Å². The van der Waals surface area contributed by atoms with Gasteiger partial charge in [0.15, 0.2) is 0 Å². The number of hydrogen-bond donors (Lipinski definition) is 2. The Morgan fingerprint density at radius 2 is 2.35 bits per heavy atom. The van der Waals surface area contributed by atoms with E-state index in [1.807, 2.05) is 6.92 Å². The van der Waals surface area contributed by atoms with E-state index in [1.54, 1.807) is 24.4 Å². The van der Waals surface area contributed by atoms with Gasteiger partial charge in [0.05, 0.1) is 22.8 Å². The molecule has 0 aliphatic carbocycles. The van der Waals surface area contributed by atoms with Crippen molar-refractivity contribution in [3.8, 4) is 11.8 Å². The first kappa shape index (κ1) is 14.5. The van der Waals surface area contributed by atoms with Gasteiger partial charge in [-0.15, -0.1) is 11.3 Å². The number of halogens is 1. The molecule has 0 bridgehead atoms. The van der Waals surface area contributed by atoms with E-state index in [9.17, 15) is 4.79 Å². The fourth-order valence-electron chi connectivity index (χ4n) is 1.50. The average molecular weight is 306 g/mol. The smallest absolute Gasteiger partial charge is 0.267 e. The minimum Gasteiger partial charge on any atom is -0.321 e. The number of anilines is 1. The first-order valence-corrected chi connectivity index (χ1v) is 7.02. The molecule has 0 unspecified atom stereocenters. The molecule has 0 aliphatic heterocycles. The SMILES string of the molecule is Cc1ncc(C(=O)Nc2ccc(Cl)c(C#CCN)c2)s1. The zero-order valence-electron chi connectivity index (χ0n) is 10.7. The molecule has 1 aromatic heterocycles. The number of nitrogens with zero attached hydrogens (tertiary/aromatic N) is 1. The molecular weight excluding hydrogens is 294 g/mol. The largest absolute Gasteiger partial charge is 0.321 e. The molecule has 4 nitrogen and oxygen atoms in total. The van der Waals surface area contributed by atoms with E-state index < -0.39 is 0 Å². The third-order valence-corrected chi connectivity index (χ3v) is 3.64. The quantitative estimate of drug-likeness (QED) is 0.838. The predicted molar refractivity (Wildman–Crippen MR) is 82.2 cm³/mol. The normalized spacial score (nSPS) is 9.75. The van der Waals surface area contributed by atoms with Gasteiger partial charge in [0.2, 0.25) is 0 Å². The van der Waals surface area contributed by atoms with Crippen LogP contribution in [0.25, 0.3) is 0 Å². The van der Waals surface area contributed by atoms with E-state index in [0.29, 0.717) is 21.2 Å². The van der Waals surface area contributed by atoms with E-state index in [-0.39, 0.29) is 12.5 Å². The highest BCUT2D eigenvalue weighted by molar-refractivity contribution is 7.13. The molecular formula is C14H12ClN3OS. The van der Waals surface area contributed by atoms with Crippen molar-refractivity contribution in [1.29, 1.82) is 0 Å². The number of hydrogen-bond acceptors (Lipinski definition) is 4. The summed E-state index contributed by atoms with van der Waals surface area (Å²) in [6.45, 7) is 2.11. The van der Waals surface area contributed by atoms with Crippen LogP contribution in [0.2, 0.25) is 5.02 Å². The standard InChI is InChI=1S/C14H12ClN3OS/c1-9-17-8-13(20-9)14(19)18-11-4-5-12(15)10(7-11)3-2-6-16/h4-5,7-8H,6,16H2,1H3,(H,18,19). The van der Waals surface area contributed by atoms with Gasteiger partial charge >= 0.3 is 0 Å². The van der Waals surface area contributed by atoms with Crippen LogP contribution in [0.1, 0.15) is 20.2 Å². The van der Waals surface area contributed by atoms with Gasteiger partial charge in [0.1, 0.15) is 4.88 Å². The molecule has 20 heavy (non-hydrogen) atoms. The maximum atomic E-state index is 12.0. The van der Waals surface area contributed by atoms with Crippen molar-refractivity contribution in [2.45, 2.75) is 6.92 Å². The van der Waals surface area contributed by atoms with E-state index in [1.165, 1.54) is 11.3 Å². The van der Waals surface area contributed by atoms with Crippen molar-refractivity contribution in [2.75, 3.05) is 11.9 Å². The van der Waals surface area contributed by atoms with Crippen molar-refractivity contribution in [3.05, 3.63) is 44.9 Å². The van der Waals surface area contributed by atoms with Gasteiger partial charge in [-0.05, 0) is 25.1 Å². The number of nitrogens with one attached hydrogen (secondary N) is 1. The fraction of sp³-hybridized carbons (Fsp3) is 0.143. The van der Waals surface area contributed by atoms with Crippen LogP contribution < -0.4 is 11.1 Å². The second-order valence-electron chi connectivity index (χ2n) is 3.90. The summed E-state index contributed by atoms with van der Waals surface area (Å²) in [5.74, 6) is 5.40. The van der Waals surface area contributed by atoms with E-state index in [2.05, 4.69) is 22.1 Å². The zero-order chi connectivity index (χ0) is 14.5. The summed E-state index contributed by atoms with van der Waals surface area (Å²) in [4.78, 5) is 16.6. The minimum atomic E-state index is -0.198. The van der Waals surface area contributed by atoms with Crippen LogP contribution in [0.5, 0.6) is 0 Å². The van der Waals surface area contributed by atoms with Gasteiger partial charge in [0.25, 0.3) is 5.91 Å². The molecule has 2 aromatic rings. The maximum absolute atomic E-state index is 12.0. The van der Waals surface area contributed by atoms with Crippen molar-refractivity contribution in [1.82, 2.24) is 4.98 Å². The maximum Gasteiger partial charge on any atom is 0.267 e.